The van der Waals surface area contributed by atoms with Gasteiger partial charge in [0.1, 0.15) is 6.04 Å². The smallest absolute Gasteiger partial charge is 0.279 e. The molecule has 5 heterocycles. The maximum absolute atomic E-state index is 13.2. The molecular weight excluding hydrogens is 1600 g/mol. The Hall–Kier alpha value is -12.1. The molecule has 598 valence electrons. The van der Waals surface area contributed by atoms with Crippen LogP contribution < -0.4 is 5.73 Å². The van der Waals surface area contributed by atoms with Crippen molar-refractivity contribution in [3.05, 3.63) is 276 Å². The number of ketones is 10. The summed E-state index contributed by atoms with van der Waals surface area (Å²) in [6, 6.07) is 47.7. The second-order valence-corrected chi connectivity index (χ2v) is 37.0. The van der Waals surface area contributed by atoms with E-state index < -0.39 is 180 Å². The Morgan fingerprint density at radius 2 is 0.767 bits per heavy atom. The van der Waals surface area contributed by atoms with Crippen molar-refractivity contribution in [3.63, 3.8) is 0 Å². The predicted molar refractivity (Wildman–Crippen MR) is 424 cm³/mol. The predicted octanol–water partition coefficient (Wildman–Crippen LogP) is 4.37. The molecule has 3 N–H and O–H groups in total. The third-order valence-corrected chi connectivity index (χ3v) is 27.9. The van der Waals surface area contributed by atoms with Crippen LogP contribution in [0.2, 0.25) is 0 Å². The van der Waals surface area contributed by atoms with Gasteiger partial charge in [0.25, 0.3) is 20.0 Å². The number of rotatable bonds is 15. The molecule has 0 amide bonds. The van der Waals surface area contributed by atoms with E-state index in [2.05, 4.69) is 15.3 Å². The molecule has 116 heavy (non-hydrogen) atoms. The number of carbonyl (C=O) groups excluding carboxylic acids is 10. The second kappa shape index (κ2) is 33.4. The Kier molecular flexibility index (Phi) is 24.0. The topological polar surface area (TPSA) is 441 Å². The number of sulfonamides is 5. The van der Waals surface area contributed by atoms with E-state index in [0.29, 0.717) is 50.5 Å². The van der Waals surface area contributed by atoms with Gasteiger partial charge in [0.05, 0.1) is 99.3 Å². The van der Waals surface area contributed by atoms with E-state index in [1.807, 2.05) is 24.3 Å². The number of benzene rings is 6. The van der Waals surface area contributed by atoms with Gasteiger partial charge in [-0.2, -0.15) is 45.4 Å². The molecule has 0 aromatic heterocycles. The van der Waals surface area contributed by atoms with Gasteiger partial charge in [0.15, 0.2) is 0 Å². The Bertz CT molecular complexity index is 5880. The van der Waals surface area contributed by atoms with Gasteiger partial charge in [-0.3, -0.25) is 56.6 Å². The van der Waals surface area contributed by atoms with E-state index in [4.69, 9.17) is 10.8 Å². The van der Waals surface area contributed by atoms with Gasteiger partial charge >= 0.3 is 0 Å². The number of hydrazone groups is 3. The summed E-state index contributed by atoms with van der Waals surface area (Å²) in [5.74, 6) is -11.1. The van der Waals surface area contributed by atoms with Crippen LogP contribution in [0, 0.1) is 29.6 Å². The molecule has 10 unspecified atom stereocenters. The minimum Gasteiger partial charge on any atom is -0.395 e. The average Bonchev–Trinajstić information content (AvgIpc) is 1.59. The first-order chi connectivity index (χ1) is 55.0. The molecule has 5 aliphatic heterocycles. The fourth-order valence-corrected chi connectivity index (χ4v) is 21.1. The van der Waals surface area contributed by atoms with Crippen molar-refractivity contribution in [2.24, 2.45) is 50.6 Å². The van der Waals surface area contributed by atoms with Crippen molar-refractivity contribution >= 4 is 136 Å². The quantitative estimate of drug-likeness (QED) is 0.135. The van der Waals surface area contributed by atoms with Crippen molar-refractivity contribution in [1.82, 2.24) is 21.9 Å². The Morgan fingerprint density at radius 3 is 1.19 bits per heavy atom. The molecule has 0 fully saturated rings. The molecular formula is C81H73N9O21S5. The van der Waals surface area contributed by atoms with Crippen molar-refractivity contribution in [2.45, 2.75) is 60.8 Å². The van der Waals surface area contributed by atoms with E-state index in [1.165, 1.54) is 74.0 Å². The Labute approximate surface area is 667 Å². The van der Waals surface area contributed by atoms with Crippen LogP contribution in [-0.4, -0.2) is 205 Å². The monoisotopic (exact) mass is 1670 g/mol. The first kappa shape index (κ1) is 83.3. The lowest BCUT2D eigenvalue weighted by molar-refractivity contribution is -0.136. The zero-order valence-corrected chi connectivity index (χ0v) is 66.1. The summed E-state index contributed by atoms with van der Waals surface area (Å²) in [4.78, 5) is 121. The van der Waals surface area contributed by atoms with Gasteiger partial charge in [-0.05, 0) is 114 Å². The Balaban J connectivity index is 0.000000135. The molecule has 10 atom stereocenters. The van der Waals surface area contributed by atoms with Gasteiger partial charge in [-0.15, -0.1) is 0 Å². The minimum absolute atomic E-state index is 0.0126. The fourth-order valence-electron chi connectivity index (χ4n) is 14.6. The van der Waals surface area contributed by atoms with Crippen LogP contribution >= 0.6 is 0 Å². The highest BCUT2D eigenvalue weighted by Crippen LogP contribution is 2.44. The number of nitrogens with two attached hydrogens (primary N) is 1. The zero-order chi connectivity index (χ0) is 83.7. The van der Waals surface area contributed by atoms with E-state index in [1.54, 1.807) is 147 Å². The largest absolute Gasteiger partial charge is 0.395 e. The van der Waals surface area contributed by atoms with Crippen molar-refractivity contribution < 1.29 is 95.1 Å². The first-order valence-electron chi connectivity index (χ1n) is 35.8. The number of nitrogens with zero attached hydrogens (tertiary/aromatic N) is 8. The number of Topliss-reactive ketones (excluding diaryl/α,β-unsaturated/α-hetero) is 6. The van der Waals surface area contributed by atoms with E-state index in [-0.39, 0.29) is 27.7 Å². The number of hydrogen-bond acceptors (Lipinski definition) is 25. The molecule has 0 saturated carbocycles. The number of allylic oxidation sites excluding steroid dienone is 5. The summed E-state index contributed by atoms with van der Waals surface area (Å²) in [7, 11) is -18.9. The molecule has 0 bridgehead atoms. The molecule has 6 aromatic carbocycles. The summed E-state index contributed by atoms with van der Waals surface area (Å²) in [6.07, 6.45) is 14.3. The van der Waals surface area contributed by atoms with Gasteiger partial charge in [-0.1, -0.05) is 182 Å². The highest BCUT2D eigenvalue weighted by atomic mass is 32.2. The summed E-state index contributed by atoms with van der Waals surface area (Å²) in [5.41, 5.74) is 10.8. The van der Waals surface area contributed by atoms with Crippen LogP contribution in [-0.2, 0) is 98.1 Å². The van der Waals surface area contributed by atoms with Gasteiger partial charge in [0.2, 0.25) is 87.9 Å². The Morgan fingerprint density at radius 1 is 0.397 bits per heavy atom. The van der Waals surface area contributed by atoms with Gasteiger partial charge < -0.3 is 10.8 Å². The highest BCUT2D eigenvalue weighted by Gasteiger charge is 2.55. The van der Waals surface area contributed by atoms with Gasteiger partial charge in [0, 0.05) is 24.7 Å². The maximum Gasteiger partial charge on any atom is 0.279 e. The van der Waals surface area contributed by atoms with E-state index >= 15 is 0 Å². The molecule has 0 saturated heterocycles. The highest BCUT2D eigenvalue weighted by molar-refractivity contribution is 7.90. The summed E-state index contributed by atoms with van der Waals surface area (Å²) < 4.78 is 130. The molecule has 16 rings (SSSR count). The van der Waals surface area contributed by atoms with Crippen LogP contribution in [0.4, 0.5) is 0 Å². The summed E-state index contributed by atoms with van der Waals surface area (Å²) >= 11 is 0. The molecule has 0 radical (unpaired) electrons. The van der Waals surface area contributed by atoms with Crippen molar-refractivity contribution in [1.29, 1.82) is 0 Å². The lowest BCUT2D eigenvalue weighted by Gasteiger charge is -2.29. The number of fused-ring (bicyclic) bond motifs is 5. The maximum atomic E-state index is 13.2. The fraction of sp³-hybridized carbons (Fsp3) is 0.222. The van der Waals surface area contributed by atoms with E-state index in [0.717, 1.165) is 51.9 Å². The number of aliphatic hydroxyl groups excluding tert-OH is 1. The molecule has 30 nitrogen and oxygen atoms in total. The number of hydrogen-bond donors (Lipinski definition) is 2. The third-order valence-electron chi connectivity index (χ3n) is 20.1. The lowest BCUT2D eigenvalue weighted by Crippen LogP contribution is -2.46. The van der Waals surface area contributed by atoms with Crippen molar-refractivity contribution in [3.8, 4) is 0 Å². The standard InChI is InChI=1S/2C20H16N2O4S.C16H16N2O4S.C16H15NO5S.C9H10N2O4S/c1-13-12-16(23)20(24)17-18(14-8-4-2-5-9-14)21-22(19(13)17)27(25,26)15-10-6-3-7-11-15;1-13-12-16-17(20(24)19(13)23)18(14-8-4-2-5-9-14)21-22(16)27(25,26)15-10-6-3-7-11-15;17-8-9-23(21,22)18-10-12(11-4-2-1-3-5-11)15-13(18)6-7-14(19)16(15)20;18-8-9-23(21,22)17-10-12(11-4-2-1-3-5-11)15-13(17)6-7-14(19)16(15)20;1-5-8-6(3-4-7(12)9(8)13)11(10-5)16(2,14)15/h2-12,17,19H,1H3;2-12,16-17H,1H3;1-7,10,13,15H,8-9,17H2;1-7,10,13,15,18H,8-9H2;3-4,6,8H,1-2H3. The second-order valence-electron chi connectivity index (χ2n) is 27.6. The molecule has 10 aliphatic rings. The average molecular weight is 1670 g/mol. The SMILES string of the molecule is CC1=CC(=O)C(=O)C2C(c3ccccc3)=NN(S(=O)(=O)c3ccccc3)C12.CC1=CC2C(C(=O)C1=O)C(c1ccccc1)=NN2S(=O)(=O)c1ccccc1.CC1=NN(S(C)(=O)=O)C2C=CC(=O)C(=O)C12.NCCS(=O)(=O)N1C=C(c2ccccc2)C2C(=O)C(=O)C=CC21.O=C1C=CC2C(C1=O)C(c1ccccc1)=CN2S(=O)(=O)CCO. The number of carbonyl (C=O) groups is 10. The normalized spacial score (nSPS) is 23.9. The van der Waals surface area contributed by atoms with Crippen LogP contribution in [0.1, 0.15) is 43.0 Å². The zero-order valence-electron chi connectivity index (χ0n) is 62.0. The molecule has 0 spiro atoms. The number of aliphatic hydroxyl groups is 1. The van der Waals surface area contributed by atoms with Gasteiger partial charge in [-0.25, -0.2) is 25.3 Å². The first-order valence-corrected chi connectivity index (χ1v) is 43.7. The molecule has 35 heteroatoms. The van der Waals surface area contributed by atoms with Crippen LogP contribution in [0.5, 0.6) is 0 Å². The summed E-state index contributed by atoms with van der Waals surface area (Å²) in [6.45, 7) is 4.19. The van der Waals surface area contributed by atoms with Crippen LogP contribution in [0.15, 0.2) is 279 Å². The molecule has 5 aliphatic carbocycles. The lowest BCUT2D eigenvalue weighted by atomic mass is 9.79. The minimum atomic E-state index is -3.98. The van der Waals surface area contributed by atoms with Crippen LogP contribution in [0.25, 0.3) is 11.1 Å². The molecule has 6 aromatic rings. The van der Waals surface area contributed by atoms with E-state index in [9.17, 15) is 90.0 Å². The van der Waals surface area contributed by atoms with Crippen molar-refractivity contribution in [2.75, 3.05) is 30.9 Å². The third kappa shape index (κ3) is 16.2. The summed E-state index contributed by atoms with van der Waals surface area (Å²) in [5, 5.41) is 21.4. The van der Waals surface area contributed by atoms with Crippen LogP contribution in [0.3, 0.4) is 0 Å².